The molecule has 0 spiro atoms. The van der Waals surface area contributed by atoms with Gasteiger partial charge < -0.3 is 0 Å². The lowest BCUT2D eigenvalue weighted by molar-refractivity contribution is 0.732. The summed E-state index contributed by atoms with van der Waals surface area (Å²) in [5, 5.41) is 10.4. The fourth-order valence-corrected chi connectivity index (χ4v) is 4.09. The summed E-state index contributed by atoms with van der Waals surface area (Å²) in [7, 11) is 0. The van der Waals surface area contributed by atoms with Gasteiger partial charge in [-0.15, -0.1) is 0 Å². The molecule has 3 aromatic rings. The van der Waals surface area contributed by atoms with Crippen molar-refractivity contribution in [3.05, 3.63) is 63.4 Å². The lowest BCUT2D eigenvalue weighted by Gasteiger charge is -2.15. The van der Waals surface area contributed by atoms with Gasteiger partial charge >= 0.3 is 0 Å². The van der Waals surface area contributed by atoms with Crippen LogP contribution in [-0.4, -0.2) is 15.3 Å². The number of nitriles is 1. The normalized spacial score (nSPS) is 12.1. The van der Waals surface area contributed by atoms with Crippen LogP contribution in [0.5, 0.6) is 0 Å². The molecule has 1 heterocycles. The molecule has 4 nitrogen and oxygen atoms in total. The Bertz CT molecular complexity index is 1070. The van der Waals surface area contributed by atoms with Crippen LogP contribution in [0.2, 0.25) is 5.02 Å². The molecule has 144 valence electrons. The molecular weight excluding hydrogens is 390 g/mol. The zero-order valence-corrected chi connectivity index (χ0v) is 17.6. The summed E-state index contributed by atoms with van der Waals surface area (Å²) in [5.41, 5.74) is 2.53. The molecule has 0 aliphatic rings. The molecular formula is C22H22ClN3OS. The van der Waals surface area contributed by atoms with Gasteiger partial charge in [-0.05, 0) is 54.7 Å². The number of rotatable bonds is 7. The summed E-state index contributed by atoms with van der Waals surface area (Å²) in [6.07, 6.45) is 2.31. The third kappa shape index (κ3) is 4.40. The molecule has 3 rings (SSSR count). The molecule has 6 heteroatoms. The summed E-state index contributed by atoms with van der Waals surface area (Å²) >= 11 is 7.60. The van der Waals surface area contributed by atoms with Gasteiger partial charge in [0.05, 0.1) is 22.7 Å². The number of thioether (sulfide) groups is 1. The first-order chi connectivity index (χ1) is 13.5. The van der Waals surface area contributed by atoms with Gasteiger partial charge in [0, 0.05) is 17.2 Å². The average molecular weight is 412 g/mol. The van der Waals surface area contributed by atoms with E-state index >= 15 is 0 Å². The van der Waals surface area contributed by atoms with E-state index in [1.807, 2.05) is 12.1 Å². The third-order valence-electron chi connectivity index (χ3n) is 4.80. The number of hydrogen-bond acceptors (Lipinski definition) is 4. The Labute approximate surface area is 174 Å². The largest absolute Gasteiger partial charge is 0.268 e. The first-order valence-electron chi connectivity index (χ1n) is 9.37. The molecule has 0 radical (unpaired) electrons. The Balaban J connectivity index is 2.10. The van der Waals surface area contributed by atoms with Gasteiger partial charge in [0.1, 0.15) is 0 Å². The maximum absolute atomic E-state index is 13.3. The van der Waals surface area contributed by atoms with Crippen molar-refractivity contribution >= 4 is 34.3 Å². The molecule has 0 saturated carbocycles. The van der Waals surface area contributed by atoms with Crippen LogP contribution in [0.4, 0.5) is 0 Å². The lowest BCUT2D eigenvalue weighted by atomic mass is 9.98. The van der Waals surface area contributed by atoms with Gasteiger partial charge in [-0.1, -0.05) is 49.3 Å². The fourth-order valence-electron chi connectivity index (χ4n) is 2.96. The predicted octanol–water partition coefficient (Wildman–Crippen LogP) is 5.95. The molecule has 28 heavy (non-hydrogen) atoms. The average Bonchev–Trinajstić information content (AvgIpc) is 2.71. The van der Waals surface area contributed by atoms with E-state index in [2.05, 4.69) is 32.0 Å². The quantitative estimate of drug-likeness (QED) is 0.274. The Morgan fingerprint density at radius 1 is 1.25 bits per heavy atom. The molecule has 1 atom stereocenters. The van der Waals surface area contributed by atoms with Crippen molar-refractivity contribution in [2.75, 3.05) is 5.75 Å². The predicted molar refractivity (Wildman–Crippen MR) is 117 cm³/mol. The first-order valence-corrected chi connectivity index (χ1v) is 10.7. The third-order valence-corrected chi connectivity index (χ3v) is 6.06. The van der Waals surface area contributed by atoms with Crippen molar-refractivity contribution in [2.24, 2.45) is 0 Å². The molecule has 1 aromatic heterocycles. The molecule has 0 N–H and O–H groups in total. The highest BCUT2D eigenvalue weighted by Gasteiger charge is 2.14. The molecule has 0 aliphatic heterocycles. The maximum Gasteiger partial charge on any atom is 0.266 e. The highest BCUT2D eigenvalue weighted by Crippen LogP contribution is 2.25. The second kappa shape index (κ2) is 9.27. The smallest absolute Gasteiger partial charge is 0.266 e. The van der Waals surface area contributed by atoms with Crippen molar-refractivity contribution in [1.82, 2.24) is 9.55 Å². The van der Waals surface area contributed by atoms with E-state index in [1.165, 1.54) is 17.3 Å². The van der Waals surface area contributed by atoms with Crippen molar-refractivity contribution in [2.45, 2.75) is 44.2 Å². The van der Waals surface area contributed by atoms with Crippen molar-refractivity contribution in [3.8, 4) is 11.8 Å². The molecule has 0 aliphatic carbocycles. The zero-order chi connectivity index (χ0) is 20.1. The van der Waals surface area contributed by atoms with Gasteiger partial charge in [0.25, 0.3) is 5.56 Å². The summed E-state index contributed by atoms with van der Waals surface area (Å²) in [6.45, 7) is 4.35. The van der Waals surface area contributed by atoms with Crippen LogP contribution in [0, 0.1) is 11.3 Å². The van der Waals surface area contributed by atoms with Gasteiger partial charge in [-0.25, -0.2) is 4.98 Å². The first kappa shape index (κ1) is 20.4. The van der Waals surface area contributed by atoms with Crippen molar-refractivity contribution < 1.29 is 0 Å². The Kier molecular flexibility index (Phi) is 6.77. The van der Waals surface area contributed by atoms with Crippen LogP contribution in [0.3, 0.4) is 0 Å². The van der Waals surface area contributed by atoms with Crippen LogP contribution in [0.15, 0.2) is 52.4 Å². The Morgan fingerprint density at radius 2 is 2.00 bits per heavy atom. The summed E-state index contributed by atoms with van der Waals surface area (Å²) in [4.78, 5) is 18.0. The number of hydrogen-bond donors (Lipinski definition) is 0. The van der Waals surface area contributed by atoms with E-state index in [-0.39, 0.29) is 5.56 Å². The number of halogens is 1. The molecule has 0 bridgehead atoms. The molecule has 0 fully saturated rings. The van der Waals surface area contributed by atoms with E-state index in [0.717, 1.165) is 24.3 Å². The fraction of sp³-hybridized carbons (Fsp3) is 0.318. The van der Waals surface area contributed by atoms with Crippen LogP contribution < -0.4 is 5.56 Å². The highest BCUT2D eigenvalue weighted by molar-refractivity contribution is 7.99. The van der Waals surface area contributed by atoms with E-state index in [9.17, 15) is 4.79 Å². The second-order valence-electron chi connectivity index (χ2n) is 6.71. The summed E-state index contributed by atoms with van der Waals surface area (Å²) in [5.74, 6) is 1.20. The number of unbranched alkanes of at least 4 members (excludes halogenated alkanes) is 1. The molecule has 0 amide bonds. The van der Waals surface area contributed by atoms with Crippen LogP contribution in [0.1, 0.15) is 44.6 Å². The number of aromatic nitrogens is 2. The van der Waals surface area contributed by atoms with Gasteiger partial charge in [-0.3, -0.25) is 9.36 Å². The maximum atomic E-state index is 13.3. The Morgan fingerprint density at radius 3 is 2.68 bits per heavy atom. The Hall–Kier alpha value is -2.29. The standard InChI is InChI=1S/C22H22ClN3OS/c1-3-15(2)16-6-9-18(10-7-16)26-21(27)19-14-17(23)8-11-20(19)25-22(26)28-13-5-4-12-24/h6-11,14-15H,3-5,13H2,1-2H3/t15-/m1/s1. The highest BCUT2D eigenvalue weighted by atomic mass is 35.5. The van der Waals surface area contributed by atoms with Crippen LogP contribution >= 0.6 is 23.4 Å². The second-order valence-corrected chi connectivity index (χ2v) is 8.21. The minimum Gasteiger partial charge on any atom is -0.268 e. The van der Waals surface area contributed by atoms with Gasteiger partial charge in [-0.2, -0.15) is 5.26 Å². The minimum absolute atomic E-state index is 0.133. The zero-order valence-electron chi connectivity index (χ0n) is 16.0. The van der Waals surface area contributed by atoms with E-state index in [4.69, 9.17) is 21.8 Å². The minimum atomic E-state index is -0.133. The summed E-state index contributed by atoms with van der Waals surface area (Å²) < 4.78 is 1.65. The van der Waals surface area contributed by atoms with Crippen LogP contribution in [0.25, 0.3) is 16.6 Å². The number of nitrogens with zero attached hydrogens (tertiary/aromatic N) is 3. The molecule has 0 unspecified atom stereocenters. The summed E-state index contributed by atoms with van der Waals surface area (Å²) in [6, 6.07) is 15.4. The van der Waals surface area contributed by atoms with Crippen molar-refractivity contribution in [1.29, 1.82) is 5.26 Å². The number of benzene rings is 2. The lowest BCUT2D eigenvalue weighted by Crippen LogP contribution is -2.22. The monoisotopic (exact) mass is 411 g/mol. The van der Waals surface area contributed by atoms with Gasteiger partial charge in [0.15, 0.2) is 5.16 Å². The van der Waals surface area contributed by atoms with E-state index < -0.39 is 0 Å². The topological polar surface area (TPSA) is 58.7 Å². The molecule has 2 aromatic carbocycles. The SMILES string of the molecule is CC[C@@H](C)c1ccc(-n2c(SCCCC#N)nc3ccc(Cl)cc3c2=O)cc1. The van der Waals surface area contributed by atoms with Gasteiger partial charge in [0.2, 0.25) is 0 Å². The van der Waals surface area contributed by atoms with Crippen molar-refractivity contribution in [3.63, 3.8) is 0 Å². The molecule has 0 saturated heterocycles. The number of fused-ring (bicyclic) bond motifs is 1. The van der Waals surface area contributed by atoms with Crippen LogP contribution in [-0.2, 0) is 0 Å². The van der Waals surface area contributed by atoms with E-state index in [1.54, 1.807) is 22.8 Å². The van der Waals surface area contributed by atoms with E-state index in [0.29, 0.717) is 33.4 Å².